The SMILES string of the molecule is C#CCN(CCC)c1ccc(C(=O)CC)nc1. The summed E-state index contributed by atoms with van der Waals surface area (Å²) in [5, 5.41) is 0. The van der Waals surface area contributed by atoms with Crippen LogP contribution < -0.4 is 4.90 Å². The van der Waals surface area contributed by atoms with Crippen LogP contribution in [0.5, 0.6) is 0 Å². The zero-order valence-electron chi connectivity index (χ0n) is 10.4. The minimum Gasteiger partial charge on any atom is -0.359 e. The third-order valence-electron chi connectivity index (χ3n) is 2.50. The quantitative estimate of drug-likeness (QED) is 0.556. The Hall–Kier alpha value is -1.82. The second-order valence-corrected chi connectivity index (χ2v) is 3.80. The first-order valence-corrected chi connectivity index (χ1v) is 5.90. The van der Waals surface area contributed by atoms with Gasteiger partial charge >= 0.3 is 0 Å². The number of terminal acetylenes is 1. The van der Waals surface area contributed by atoms with Crippen LogP contribution in [-0.4, -0.2) is 23.9 Å². The van der Waals surface area contributed by atoms with Crippen molar-refractivity contribution in [1.29, 1.82) is 0 Å². The molecule has 1 heterocycles. The summed E-state index contributed by atoms with van der Waals surface area (Å²) in [4.78, 5) is 17.7. The number of nitrogens with zero attached hydrogens (tertiary/aromatic N) is 2. The first-order chi connectivity index (χ1) is 8.22. The van der Waals surface area contributed by atoms with Gasteiger partial charge in [0.05, 0.1) is 18.4 Å². The standard InChI is InChI=1S/C14H18N2O/c1-4-9-16(10-5-2)12-7-8-13(15-11-12)14(17)6-3/h1,7-8,11H,5-6,9-10H2,2-3H3. The van der Waals surface area contributed by atoms with Gasteiger partial charge in [-0.15, -0.1) is 6.42 Å². The van der Waals surface area contributed by atoms with E-state index in [0.29, 0.717) is 18.7 Å². The molecule has 0 radical (unpaired) electrons. The molecule has 0 saturated heterocycles. The molecule has 0 spiro atoms. The van der Waals surface area contributed by atoms with Crippen molar-refractivity contribution in [1.82, 2.24) is 4.98 Å². The molecular weight excluding hydrogens is 212 g/mol. The lowest BCUT2D eigenvalue weighted by atomic mass is 10.2. The number of hydrogen-bond acceptors (Lipinski definition) is 3. The van der Waals surface area contributed by atoms with Crippen LogP contribution in [-0.2, 0) is 0 Å². The highest BCUT2D eigenvalue weighted by Gasteiger charge is 2.07. The van der Waals surface area contributed by atoms with Crippen LogP contribution in [0.1, 0.15) is 37.2 Å². The minimum atomic E-state index is 0.0653. The van der Waals surface area contributed by atoms with Gasteiger partial charge in [0.15, 0.2) is 5.78 Å². The molecule has 1 rings (SSSR count). The normalized spacial score (nSPS) is 9.71. The van der Waals surface area contributed by atoms with E-state index in [1.165, 1.54) is 0 Å². The van der Waals surface area contributed by atoms with Crippen LogP contribution in [0.2, 0.25) is 0 Å². The molecule has 0 fully saturated rings. The predicted octanol–water partition coefficient (Wildman–Crippen LogP) is 2.52. The second kappa shape index (κ2) is 6.70. The van der Waals surface area contributed by atoms with Crippen molar-refractivity contribution in [3.05, 3.63) is 24.0 Å². The largest absolute Gasteiger partial charge is 0.359 e. The highest BCUT2D eigenvalue weighted by atomic mass is 16.1. The van der Waals surface area contributed by atoms with E-state index in [1.54, 1.807) is 12.3 Å². The molecule has 0 aromatic carbocycles. The van der Waals surface area contributed by atoms with Gasteiger partial charge in [0.1, 0.15) is 5.69 Å². The van der Waals surface area contributed by atoms with E-state index in [0.717, 1.165) is 18.7 Å². The van der Waals surface area contributed by atoms with Crippen molar-refractivity contribution in [2.24, 2.45) is 0 Å². The van der Waals surface area contributed by atoms with E-state index < -0.39 is 0 Å². The highest BCUT2D eigenvalue weighted by molar-refractivity contribution is 5.94. The van der Waals surface area contributed by atoms with Crippen molar-refractivity contribution in [3.8, 4) is 12.3 Å². The van der Waals surface area contributed by atoms with Gasteiger partial charge < -0.3 is 4.90 Å². The first-order valence-electron chi connectivity index (χ1n) is 5.90. The lowest BCUT2D eigenvalue weighted by molar-refractivity contribution is 0.0983. The summed E-state index contributed by atoms with van der Waals surface area (Å²) in [5.74, 6) is 2.70. The van der Waals surface area contributed by atoms with Crippen LogP contribution in [0.25, 0.3) is 0 Å². The van der Waals surface area contributed by atoms with Crippen molar-refractivity contribution in [2.45, 2.75) is 26.7 Å². The summed E-state index contributed by atoms with van der Waals surface area (Å²) in [7, 11) is 0. The van der Waals surface area contributed by atoms with E-state index in [1.807, 2.05) is 13.0 Å². The van der Waals surface area contributed by atoms with E-state index >= 15 is 0 Å². The fraction of sp³-hybridized carbons (Fsp3) is 0.429. The van der Waals surface area contributed by atoms with Crippen molar-refractivity contribution in [3.63, 3.8) is 0 Å². The Bertz CT molecular complexity index is 403. The Morgan fingerprint density at radius 2 is 2.24 bits per heavy atom. The molecule has 1 aromatic heterocycles. The monoisotopic (exact) mass is 230 g/mol. The van der Waals surface area contributed by atoms with Crippen molar-refractivity contribution < 1.29 is 4.79 Å². The molecule has 0 aliphatic rings. The average Bonchev–Trinajstić information content (AvgIpc) is 2.38. The van der Waals surface area contributed by atoms with Crippen LogP contribution in [0.3, 0.4) is 0 Å². The van der Waals surface area contributed by atoms with E-state index in [-0.39, 0.29) is 5.78 Å². The minimum absolute atomic E-state index is 0.0653. The van der Waals surface area contributed by atoms with E-state index in [4.69, 9.17) is 6.42 Å². The molecule has 0 atom stereocenters. The fourth-order valence-corrected chi connectivity index (χ4v) is 1.60. The molecule has 1 aromatic rings. The number of carbonyl (C=O) groups excluding carboxylic acids is 1. The molecule has 3 nitrogen and oxygen atoms in total. The Balaban J connectivity index is 2.84. The number of anilines is 1. The van der Waals surface area contributed by atoms with E-state index in [2.05, 4.69) is 22.7 Å². The van der Waals surface area contributed by atoms with Gasteiger partial charge in [-0.05, 0) is 18.6 Å². The molecule has 0 bridgehead atoms. The molecule has 0 aliphatic carbocycles. The smallest absolute Gasteiger partial charge is 0.180 e. The number of carbonyl (C=O) groups is 1. The number of ketones is 1. The summed E-state index contributed by atoms with van der Waals surface area (Å²) < 4.78 is 0. The summed E-state index contributed by atoms with van der Waals surface area (Å²) in [6.07, 6.45) is 8.56. The molecule has 0 amide bonds. The maximum atomic E-state index is 11.4. The first kappa shape index (κ1) is 13.2. The Kier molecular flexibility index (Phi) is 5.22. The van der Waals surface area contributed by atoms with Gasteiger partial charge in [0, 0.05) is 13.0 Å². The number of pyridine rings is 1. The molecule has 0 saturated carbocycles. The molecule has 90 valence electrons. The topological polar surface area (TPSA) is 33.2 Å². The van der Waals surface area contributed by atoms with E-state index in [9.17, 15) is 4.79 Å². The maximum absolute atomic E-state index is 11.4. The van der Waals surface area contributed by atoms with Gasteiger partial charge in [-0.2, -0.15) is 0 Å². The van der Waals surface area contributed by atoms with Crippen LogP contribution in [0.15, 0.2) is 18.3 Å². The second-order valence-electron chi connectivity index (χ2n) is 3.80. The van der Waals surface area contributed by atoms with Gasteiger partial charge in [0.2, 0.25) is 0 Å². The average molecular weight is 230 g/mol. The van der Waals surface area contributed by atoms with Gasteiger partial charge in [-0.3, -0.25) is 9.78 Å². The van der Waals surface area contributed by atoms with Crippen LogP contribution in [0, 0.1) is 12.3 Å². The van der Waals surface area contributed by atoms with Crippen molar-refractivity contribution >= 4 is 11.5 Å². The Labute approximate surface area is 103 Å². The number of rotatable bonds is 6. The van der Waals surface area contributed by atoms with Crippen LogP contribution in [0.4, 0.5) is 5.69 Å². The molecule has 0 N–H and O–H groups in total. The molecule has 0 aliphatic heterocycles. The number of Topliss-reactive ketones (excluding diaryl/α,β-unsaturated/α-hetero) is 1. The Morgan fingerprint density at radius 3 is 2.71 bits per heavy atom. The summed E-state index contributed by atoms with van der Waals surface area (Å²) in [6, 6.07) is 3.67. The predicted molar refractivity (Wildman–Crippen MR) is 70.2 cm³/mol. The highest BCUT2D eigenvalue weighted by Crippen LogP contribution is 2.13. The third kappa shape index (κ3) is 3.60. The van der Waals surface area contributed by atoms with Crippen LogP contribution >= 0.6 is 0 Å². The molecular formula is C14H18N2O. The lowest BCUT2D eigenvalue weighted by Crippen LogP contribution is -2.24. The molecule has 0 unspecified atom stereocenters. The van der Waals surface area contributed by atoms with Gasteiger partial charge in [0.25, 0.3) is 0 Å². The summed E-state index contributed by atoms with van der Waals surface area (Å²) >= 11 is 0. The Morgan fingerprint density at radius 1 is 1.47 bits per heavy atom. The third-order valence-corrected chi connectivity index (χ3v) is 2.50. The fourth-order valence-electron chi connectivity index (χ4n) is 1.60. The summed E-state index contributed by atoms with van der Waals surface area (Å²) in [6.45, 7) is 5.40. The molecule has 17 heavy (non-hydrogen) atoms. The van der Waals surface area contributed by atoms with Gasteiger partial charge in [-0.25, -0.2) is 0 Å². The van der Waals surface area contributed by atoms with Gasteiger partial charge in [-0.1, -0.05) is 19.8 Å². The van der Waals surface area contributed by atoms with Crippen molar-refractivity contribution in [2.75, 3.05) is 18.0 Å². The molecule has 3 heteroatoms. The zero-order valence-corrected chi connectivity index (χ0v) is 10.4. The number of hydrogen-bond donors (Lipinski definition) is 0. The lowest BCUT2D eigenvalue weighted by Gasteiger charge is -2.21. The zero-order chi connectivity index (χ0) is 12.7. The maximum Gasteiger partial charge on any atom is 0.180 e. The summed E-state index contributed by atoms with van der Waals surface area (Å²) in [5.41, 5.74) is 1.49. The number of aromatic nitrogens is 1.